The summed E-state index contributed by atoms with van der Waals surface area (Å²) in [7, 11) is 2.85. The number of aromatic nitrogens is 4. The number of hydrogen-bond donors (Lipinski definition) is 0. The van der Waals surface area contributed by atoms with Crippen LogP contribution in [0.2, 0.25) is 0 Å². The Balaban J connectivity index is 1.87. The molecule has 134 valence electrons. The maximum Gasteiger partial charge on any atom is 0.332 e. The number of ketones is 1. The number of rotatable bonds is 4. The van der Waals surface area contributed by atoms with Crippen LogP contribution in [-0.4, -0.2) is 30.4 Å². The fourth-order valence-electron chi connectivity index (χ4n) is 2.58. The average molecular weight is 356 g/mol. The van der Waals surface area contributed by atoms with Crippen molar-refractivity contribution in [1.29, 1.82) is 0 Å². The summed E-state index contributed by atoms with van der Waals surface area (Å²) in [6.07, 6.45) is 1.31. The SMILES string of the molecule is CC(=O)c1ccc(OC(=O)Cn2cnc3c2c(=O)n(C)c(=O)n3C)cc1. The average Bonchev–Trinajstić information content (AvgIpc) is 3.02. The van der Waals surface area contributed by atoms with Gasteiger partial charge >= 0.3 is 11.7 Å². The van der Waals surface area contributed by atoms with Crippen LogP contribution in [0.5, 0.6) is 5.75 Å². The van der Waals surface area contributed by atoms with Crippen LogP contribution in [0.15, 0.2) is 40.2 Å². The number of carbonyl (C=O) groups excluding carboxylic acids is 2. The first-order valence-electron chi connectivity index (χ1n) is 7.72. The molecule has 0 aliphatic carbocycles. The number of hydrogen-bond acceptors (Lipinski definition) is 6. The maximum atomic E-state index is 12.3. The minimum Gasteiger partial charge on any atom is -0.425 e. The number of aryl methyl sites for hydroxylation is 1. The van der Waals surface area contributed by atoms with Gasteiger partial charge in [-0.15, -0.1) is 0 Å². The second-order valence-corrected chi connectivity index (χ2v) is 5.81. The minimum absolute atomic E-state index is 0.0887. The van der Waals surface area contributed by atoms with E-state index < -0.39 is 17.2 Å². The third kappa shape index (κ3) is 2.94. The van der Waals surface area contributed by atoms with Gasteiger partial charge in [-0.2, -0.15) is 0 Å². The van der Waals surface area contributed by atoms with Crippen LogP contribution in [-0.2, 0) is 25.4 Å². The van der Waals surface area contributed by atoms with Crippen LogP contribution in [0.1, 0.15) is 17.3 Å². The number of Topliss-reactive ketones (excluding diaryl/α,β-unsaturated/α-hetero) is 1. The summed E-state index contributed by atoms with van der Waals surface area (Å²) >= 11 is 0. The van der Waals surface area contributed by atoms with Gasteiger partial charge in [-0.25, -0.2) is 14.6 Å². The molecule has 0 fully saturated rings. The quantitative estimate of drug-likeness (QED) is 0.377. The molecule has 2 heterocycles. The summed E-state index contributed by atoms with van der Waals surface area (Å²) in [5.41, 5.74) is -0.204. The van der Waals surface area contributed by atoms with E-state index in [0.717, 1.165) is 4.57 Å². The molecule has 9 nitrogen and oxygen atoms in total. The van der Waals surface area contributed by atoms with E-state index in [2.05, 4.69) is 4.98 Å². The van der Waals surface area contributed by atoms with Crippen molar-refractivity contribution in [2.75, 3.05) is 0 Å². The van der Waals surface area contributed by atoms with E-state index in [1.165, 1.54) is 48.6 Å². The number of ether oxygens (including phenoxy) is 1. The van der Waals surface area contributed by atoms with E-state index >= 15 is 0 Å². The Kier molecular flexibility index (Phi) is 4.29. The molecule has 0 amide bonds. The van der Waals surface area contributed by atoms with Crippen molar-refractivity contribution in [3.63, 3.8) is 0 Å². The zero-order chi connectivity index (χ0) is 19.0. The Bertz CT molecular complexity index is 1130. The molecule has 0 saturated heterocycles. The van der Waals surface area contributed by atoms with E-state index in [1.54, 1.807) is 12.1 Å². The summed E-state index contributed by atoms with van der Waals surface area (Å²) in [4.78, 5) is 51.7. The topological polar surface area (TPSA) is 105 Å². The van der Waals surface area contributed by atoms with Crippen LogP contribution < -0.4 is 16.0 Å². The molecule has 3 rings (SSSR count). The van der Waals surface area contributed by atoms with Gasteiger partial charge in [0, 0.05) is 19.7 Å². The molecule has 0 saturated carbocycles. The second kappa shape index (κ2) is 6.43. The molecule has 3 aromatic rings. The zero-order valence-corrected chi connectivity index (χ0v) is 14.4. The molecule has 0 N–H and O–H groups in total. The number of carbonyl (C=O) groups is 2. The molecule has 0 spiro atoms. The van der Waals surface area contributed by atoms with Gasteiger partial charge in [0.05, 0.1) is 6.33 Å². The number of esters is 1. The maximum absolute atomic E-state index is 12.3. The van der Waals surface area contributed by atoms with Crippen molar-refractivity contribution in [2.45, 2.75) is 13.5 Å². The first-order valence-corrected chi connectivity index (χ1v) is 7.72. The Morgan fingerprint density at radius 1 is 1.08 bits per heavy atom. The van der Waals surface area contributed by atoms with E-state index in [1.807, 2.05) is 0 Å². The lowest BCUT2D eigenvalue weighted by atomic mass is 10.1. The standard InChI is InChI=1S/C17H16N4O5/c1-10(22)11-4-6-12(7-5-11)26-13(23)8-21-9-18-15-14(21)16(24)20(3)17(25)19(15)2/h4-7,9H,8H2,1-3H3. The molecule has 0 unspecified atom stereocenters. The van der Waals surface area contributed by atoms with Gasteiger partial charge < -0.3 is 9.30 Å². The van der Waals surface area contributed by atoms with E-state index in [0.29, 0.717) is 5.56 Å². The van der Waals surface area contributed by atoms with Gasteiger partial charge in [-0.05, 0) is 31.2 Å². The second-order valence-electron chi connectivity index (χ2n) is 5.81. The van der Waals surface area contributed by atoms with Crippen molar-refractivity contribution in [1.82, 2.24) is 18.7 Å². The van der Waals surface area contributed by atoms with Crippen LogP contribution in [0.25, 0.3) is 11.2 Å². The van der Waals surface area contributed by atoms with E-state index in [9.17, 15) is 19.2 Å². The highest BCUT2D eigenvalue weighted by molar-refractivity contribution is 5.94. The summed E-state index contributed by atoms with van der Waals surface area (Å²) < 4.78 is 8.74. The van der Waals surface area contributed by atoms with Gasteiger partial charge in [0.25, 0.3) is 5.56 Å². The number of nitrogens with zero attached hydrogens (tertiary/aromatic N) is 4. The fourth-order valence-corrected chi connectivity index (χ4v) is 2.58. The van der Waals surface area contributed by atoms with Crippen molar-refractivity contribution in [3.8, 4) is 5.75 Å². The van der Waals surface area contributed by atoms with Crippen molar-refractivity contribution >= 4 is 22.9 Å². The Hall–Kier alpha value is -3.49. The Labute approximate surface area is 147 Å². The van der Waals surface area contributed by atoms with Crippen molar-refractivity contribution < 1.29 is 14.3 Å². The highest BCUT2D eigenvalue weighted by atomic mass is 16.5. The Morgan fingerprint density at radius 3 is 2.35 bits per heavy atom. The first-order chi connectivity index (χ1) is 12.3. The van der Waals surface area contributed by atoms with Gasteiger partial charge in [0.15, 0.2) is 16.9 Å². The number of benzene rings is 1. The fraction of sp³-hybridized carbons (Fsp3) is 0.235. The molecule has 9 heteroatoms. The molecule has 0 atom stereocenters. The molecule has 0 radical (unpaired) electrons. The van der Waals surface area contributed by atoms with Crippen LogP contribution in [0, 0.1) is 0 Å². The molecular formula is C17H16N4O5. The van der Waals surface area contributed by atoms with Gasteiger partial charge in [0.1, 0.15) is 12.3 Å². The first kappa shape index (κ1) is 17.3. The molecule has 0 bridgehead atoms. The molecule has 0 aliphatic rings. The summed E-state index contributed by atoms with van der Waals surface area (Å²) in [6, 6.07) is 6.15. The monoisotopic (exact) mass is 356 g/mol. The van der Waals surface area contributed by atoms with Crippen LogP contribution in [0.4, 0.5) is 0 Å². The van der Waals surface area contributed by atoms with Crippen LogP contribution in [0.3, 0.4) is 0 Å². The predicted molar refractivity (Wildman–Crippen MR) is 92.3 cm³/mol. The minimum atomic E-state index is -0.615. The van der Waals surface area contributed by atoms with Crippen molar-refractivity contribution in [2.24, 2.45) is 14.1 Å². The van der Waals surface area contributed by atoms with E-state index in [-0.39, 0.29) is 29.2 Å². The zero-order valence-electron chi connectivity index (χ0n) is 14.4. The highest BCUT2D eigenvalue weighted by Crippen LogP contribution is 2.13. The molecule has 1 aromatic carbocycles. The summed E-state index contributed by atoms with van der Waals surface area (Å²) in [5.74, 6) is -0.422. The smallest absolute Gasteiger partial charge is 0.332 e. The lowest BCUT2D eigenvalue weighted by Gasteiger charge is -2.07. The third-order valence-electron chi connectivity index (χ3n) is 4.01. The molecule has 0 aliphatic heterocycles. The van der Waals surface area contributed by atoms with E-state index in [4.69, 9.17) is 4.74 Å². The van der Waals surface area contributed by atoms with Gasteiger partial charge in [0.2, 0.25) is 0 Å². The van der Waals surface area contributed by atoms with Gasteiger partial charge in [-0.1, -0.05) is 0 Å². The van der Waals surface area contributed by atoms with Crippen LogP contribution >= 0.6 is 0 Å². The lowest BCUT2D eigenvalue weighted by molar-refractivity contribution is -0.135. The molecule has 2 aromatic heterocycles. The number of imidazole rings is 1. The lowest BCUT2D eigenvalue weighted by Crippen LogP contribution is -2.37. The summed E-state index contributed by atoms with van der Waals surface area (Å²) in [6.45, 7) is 1.19. The largest absolute Gasteiger partial charge is 0.425 e. The predicted octanol–water partition coefficient (Wildman–Crippen LogP) is 0.242. The Morgan fingerprint density at radius 2 is 1.73 bits per heavy atom. The molecule has 26 heavy (non-hydrogen) atoms. The summed E-state index contributed by atoms with van der Waals surface area (Å²) in [5, 5.41) is 0. The highest BCUT2D eigenvalue weighted by Gasteiger charge is 2.16. The van der Waals surface area contributed by atoms with Crippen molar-refractivity contribution in [3.05, 3.63) is 57.0 Å². The normalized spacial score (nSPS) is 10.9. The number of fused-ring (bicyclic) bond motifs is 1. The van der Waals surface area contributed by atoms with Gasteiger partial charge in [-0.3, -0.25) is 18.7 Å². The third-order valence-corrected chi connectivity index (χ3v) is 4.01. The molecular weight excluding hydrogens is 340 g/mol.